The summed E-state index contributed by atoms with van der Waals surface area (Å²) < 4.78 is 15.1. The maximum atomic E-state index is 15.1. The van der Waals surface area contributed by atoms with E-state index < -0.39 is 0 Å². The molecule has 0 aliphatic heterocycles. The van der Waals surface area contributed by atoms with E-state index in [-0.39, 0.29) is 11.7 Å². The van der Waals surface area contributed by atoms with Crippen LogP contribution in [-0.4, -0.2) is 29.0 Å². The number of nitrogens with one attached hydrogen (secondary N) is 3. The van der Waals surface area contributed by atoms with Crippen LogP contribution in [0.2, 0.25) is 0 Å². The maximum absolute atomic E-state index is 15.1. The highest BCUT2D eigenvalue weighted by molar-refractivity contribution is 5.85. The number of nitrogens with zero attached hydrogens (tertiary/aromatic N) is 1. The van der Waals surface area contributed by atoms with Gasteiger partial charge in [0.1, 0.15) is 11.3 Å². The lowest BCUT2D eigenvalue weighted by atomic mass is 10.0. The fourth-order valence-electron chi connectivity index (χ4n) is 3.41. The molecule has 6 heteroatoms. The molecule has 0 radical (unpaired) electrons. The van der Waals surface area contributed by atoms with Crippen molar-refractivity contribution in [2.75, 3.05) is 13.1 Å². The largest absolute Gasteiger partial charge is 0.355 e. The Labute approximate surface area is 174 Å². The second-order valence-corrected chi connectivity index (χ2v) is 7.13. The summed E-state index contributed by atoms with van der Waals surface area (Å²) in [4.78, 5) is 18.7. The van der Waals surface area contributed by atoms with Gasteiger partial charge < -0.3 is 15.6 Å². The van der Waals surface area contributed by atoms with Gasteiger partial charge in [-0.25, -0.2) is 9.37 Å². The van der Waals surface area contributed by atoms with Gasteiger partial charge in [-0.3, -0.25) is 4.79 Å². The molecule has 0 spiro atoms. The summed E-state index contributed by atoms with van der Waals surface area (Å²) in [6.07, 6.45) is 0. The molecule has 4 aromatic rings. The van der Waals surface area contributed by atoms with Crippen LogP contribution in [0.5, 0.6) is 0 Å². The highest BCUT2D eigenvalue weighted by atomic mass is 19.1. The van der Waals surface area contributed by atoms with E-state index in [0.29, 0.717) is 42.1 Å². The van der Waals surface area contributed by atoms with E-state index in [1.54, 1.807) is 6.07 Å². The van der Waals surface area contributed by atoms with E-state index in [4.69, 9.17) is 0 Å². The number of hydrogen-bond acceptors (Lipinski definition) is 3. The van der Waals surface area contributed by atoms with Gasteiger partial charge in [0.05, 0.1) is 5.52 Å². The normalized spacial score (nSPS) is 11.0. The molecule has 3 N–H and O–H groups in total. The van der Waals surface area contributed by atoms with Crippen LogP contribution in [0.25, 0.3) is 33.5 Å². The van der Waals surface area contributed by atoms with E-state index in [9.17, 15) is 4.79 Å². The SMILES string of the molecule is CC(=O)NCCNCc1cccc(-c2nc3c(F)c(-c4ccccc4)ccc3[nH]2)c1. The third-order valence-electron chi connectivity index (χ3n) is 4.88. The maximum Gasteiger partial charge on any atom is 0.216 e. The predicted molar refractivity (Wildman–Crippen MR) is 117 cm³/mol. The van der Waals surface area contributed by atoms with Gasteiger partial charge >= 0.3 is 0 Å². The minimum atomic E-state index is -0.322. The first kappa shape index (κ1) is 19.8. The van der Waals surface area contributed by atoms with Gasteiger partial charge in [-0.2, -0.15) is 0 Å². The van der Waals surface area contributed by atoms with Gasteiger partial charge in [0.25, 0.3) is 0 Å². The first-order chi connectivity index (χ1) is 14.6. The Hall–Kier alpha value is -3.51. The minimum Gasteiger partial charge on any atom is -0.355 e. The van der Waals surface area contributed by atoms with Gasteiger partial charge in [0, 0.05) is 37.7 Å². The van der Waals surface area contributed by atoms with Crippen molar-refractivity contribution >= 4 is 16.9 Å². The van der Waals surface area contributed by atoms with E-state index in [2.05, 4.69) is 20.6 Å². The first-order valence-electron chi connectivity index (χ1n) is 9.90. The molecule has 1 amide bonds. The monoisotopic (exact) mass is 402 g/mol. The Bertz CT molecular complexity index is 1170. The number of fused-ring (bicyclic) bond motifs is 1. The zero-order valence-corrected chi connectivity index (χ0v) is 16.7. The Morgan fingerprint density at radius 2 is 1.80 bits per heavy atom. The number of carbonyl (C=O) groups is 1. The highest BCUT2D eigenvalue weighted by Crippen LogP contribution is 2.29. The fraction of sp³-hybridized carbons (Fsp3) is 0.167. The lowest BCUT2D eigenvalue weighted by Crippen LogP contribution is -2.29. The number of benzene rings is 3. The van der Waals surface area contributed by atoms with Crippen molar-refractivity contribution in [3.8, 4) is 22.5 Å². The molecule has 0 saturated carbocycles. The molecular formula is C24H23FN4O. The predicted octanol–water partition coefficient (Wildman–Crippen LogP) is 4.26. The van der Waals surface area contributed by atoms with E-state index in [1.807, 2.05) is 60.7 Å². The van der Waals surface area contributed by atoms with Gasteiger partial charge in [-0.15, -0.1) is 0 Å². The molecule has 0 aliphatic carbocycles. The summed E-state index contributed by atoms with van der Waals surface area (Å²) in [5.74, 6) is 0.275. The van der Waals surface area contributed by atoms with Gasteiger partial charge in [0.15, 0.2) is 5.82 Å². The number of H-pyrrole nitrogens is 1. The molecule has 3 aromatic carbocycles. The zero-order valence-electron chi connectivity index (χ0n) is 16.7. The van der Waals surface area contributed by atoms with Crippen molar-refractivity contribution < 1.29 is 9.18 Å². The van der Waals surface area contributed by atoms with E-state index in [1.165, 1.54) is 6.92 Å². The lowest BCUT2D eigenvalue weighted by molar-refractivity contribution is -0.118. The second-order valence-electron chi connectivity index (χ2n) is 7.13. The molecule has 0 atom stereocenters. The van der Waals surface area contributed by atoms with E-state index >= 15 is 4.39 Å². The third kappa shape index (κ3) is 4.39. The molecule has 0 fully saturated rings. The van der Waals surface area contributed by atoms with Crippen LogP contribution in [0, 0.1) is 5.82 Å². The molecule has 0 saturated heterocycles. The van der Waals surface area contributed by atoms with Crippen LogP contribution in [0.1, 0.15) is 12.5 Å². The minimum absolute atomic E-state index is 0.0358. The van der Waals surface area contributed by atoms with Gasteiger partial charge in [-0.1, -0.05) is 48.5 Å². The summed E-state index contributed by atoms with van der Waals surface area (Å²) in [6.45, 7) is 3.44. The van der Waals surface area contributed by atoms with Crippen LogP contribution in [0.4, 0.5) is 4.39 Å². The fourth-order valence-corrected chi connectivity index (χ4v) is 3.41. The lowest BCUT2D eigenvalue weighted by Gasteiger charge is -2.06. The standard InChI is InChI=1S/C24H23FN4O/c1-16(30)27-13-12-26-15-17-6-5-9-19(14-17)24-28-21-11-10-20(22(25)23(21)29-24)18-7-3-2-4-8-18/h2-11,14,26H,12-13,15H2,1H3,(H,27,30)(H,28,29). The van der Waals surface area contributed by atoms with Crippen LogP contribution >= 0.6 is 0 Å². The quantitative estimate of drug-likeness (QED) is 0.405. The average Bonchev–Trinajstić information content (AvgIpc) is 3.20. The van der Waals surface area contributed by atoms with Crippen molar-refractivity contribution in [2.45, 2.75) is 13.5 Å². The number of carbonyl (C=O) groups excluding carboxylic acids is 1. The number of aromatic nitrogens is 2. The molecule has 152 valence electrons. The Morgan fingerprint density at radius 3 is 2.60 bits per heavy atom. The molecule has 30 heavy (non-hydrogen) atoms. The number of halogens is 1. The van der Waals surface area contributed by atoms with Crippen LogP contribution in [0.3, 0.4) is 0 Å². The van der Waals surface area contributed by atoms with Crippen molar-refractivity contribution in [3.05, 3.63) is 78.1 Å². The van der Waals surface area contributed by atoms with Crippen molar-refractivity contribution in [1.29, 1.82) is 0 Å². The number of hydrogen-bond donors (Lipinski definition) is 3. The number of aromatic amines is 1. The molecule has 0 unspecified atom stereocenters. The number of rotatable bonds is 7. The Balaban J connectivity index is 1.55. The molecule has 5 nitrogen and oxygen atoms in total. The molecule has 4 rings (SSSR count). The molecular weight excluding hydrogens is 379 g/mol. The topological polar surface area (TPSA) is 69.8 Å². The van der Waals surface area contributed by atoms with Crippen molar-refractivity contribution in [3.63, 3.8) is 0 Å². The van der Waals surface area contributed by atoms with Crippen molar-refractivity contribution in [1.82, 2.24) is 20.6 Å². The average molecular weight is 402 g/mol. The number of amides is 1. The summed E-state index contributed by atoms with van der Waals surface area (Å²) >= 11 is 0. The first-order valence-corrected chi connectivity index (χ1v) is 9.90. The smallest absolute Gasteiger partial charge is 0.216 e. The molecule has 1 aromatic heterocycles. The van der Waals surface area contributed by atoms with E-state index in [0.717, 1.165) is 16.7 Å². The van der Waals surface area contributed by atoms with Crippen LogP contribution in [-0.2, 0) is 11.3 Å². The van der Waals surface area contributed by atoms with Gasteiger partial charge in [-0.05, 0) is 29.3 Å². The zero-order chi connectivity index (χ0) is 20.9. The number of imidazole rings is 1. The molecule has 1 heterocycles. The van der Waals surface area contributed by atoms with Crippen LogP contribution in [0.15, 0.2) is 66.7 Å². The summed E-state index contributed by atoms with van der Waals surface area (Å²) in [5, 5.41) is 6.05. The van der Waals surface area contributed by atoms with Crippen LogP contribution < -0.4 is 10.6 Å². The van der Waals surface area contributed by atoms with Crippen molar-refractivity contribution in [2.24, 2.45) is 0 Å². The second kappa shape index (κ2) is 8.88. The Morgan fingerprint density at radius 1 is 1.00 bits per heavy atom. The highest BCUT2D eigenvalue weighted by Gasteiger charge is 2.14. The summed E-state index contributed by atoms with van der Waals surface area (Å²) in [5.41, 5.74) is 4.35. The molecule has 0 aliphatic rings. The third-order valence-corrected chi connectivity index (χ3v) is 4.88. The summed E-state index contributed by atoms with van der Waals surface area (Å²) in [7, 11) is 0. The summed E-state index contributed by atoms with van der Waals surface area (Å²) in [6, 6.07) is 21.1. The Kier molecular flexibility index (Phi) is 5.86. The van der Waals surface area contributed by atoms with Gasteiger partial charge in [0.2, 0.25) is 5.91 Å². The molecule has 0 bridgehead atoms.